The number of halogens is 1. The predicted molar refractivity (Wildman–Crippen MR) is 73.0 cm³/mol. The number of sulfonamides is 1. The van der Waals surface area contributed by atoms with Crippen molar-refractivity contribution in [3.8, 4) is 0 Å². The topological polar surface area (TPSA) is 76.3 Å². The molecule has 0 aliphatic heterocycles. The van der Waals surface area contributed by atoms with E-state index in [1.165, 1.54) is 16.6 Å². The van der Waals surface area contributed by atoms with Crippen molar-refractivity contribution in [2.24, 2.45) is 0 Å². The van der Waals surface area contributed by atoms with Crippen molar-refractivity contribution < 1.29 is 8.42 Å². The number of nitrogens with zero attached hydrogens (tertiary/aromatic N) is 2. The normalized spacial score (nSPS) is 13.0. The molecule has 0 fully saturated rings. The van der Waals surface area contributed by atoms with Gasteiger partial charge in [0.25, 0.3) is 0 Å². The number of hydrogen-bond donors (Lipinski definition) is 1. The number of anilines is 1. The Morgan fingerprint density at radius 1 is 1.50 bits per heavy atom. The summed E-state index contributed by atoms with van der Waals surface area (Å²) in [5, 5.41) is 0.138. The van der Waals surface area contributed by atoms with Crippen LogP contribution in [0.2, 0.25) is 5.02 Å². The molecule has 102 valence electrons. The van der Waals surface area contributed by atoms with Crippen LogP contribution >= 0.6 is 11.6 Å². The molecule has 0 aliphatic carbocycles. The first-order valence-electron chi connectivity index (χ1n) is 5.53. The van der Waals surface area contributed by atoms with Crippen LogP contribution in [0.4, 0.5) is 5.82 Å². The third-order valence-corrected chi connectivity index (χ3v) is 5.56. The summed E-state index contributed by atoms with van der Waals surface area (Å²) in [6.45, 7) is 5.65. The Hall–Kier alpha value is -0.850. The standard InChI is InChI=1S/C11H18ClN3O2S/c1-5-11(2,3)15(4)18(16,17)8-6-9(12)10(13)14-7-8/h6-7H,5H2,1-4H3,(H2,13,14). The van der Waals surface area contributed by atoms with Gasteiger partial charge in [-0.2, -0.15) is 4.31 Å². The van der Waals surface area contributed by atoms with Crippen LogP contribution in [-0.4, -0.2) is 30.3 Å². The molecule has 1 aromatic rings. The first kappa shape index (κ1) is 15.2. The van der Waals surface area contributed by atoms with E-state index in [-0.39, 0.29) is 15.7 Å². The molecule has 1 rings (SSSR count). The lowest BCUT2D eigenvalue weighted by molar-refractivity contribution is 0.257. The highest BCUT2D eigenvalue weighted by atomic mass is 35.5. The minimum atomic E-state index is -3.62. The summed E-state index contributed by atoms with van der Waals surface area (Å²) < 4.78 is 26.1. The van der Waals surface area contributed by atoms with Crippen molar-refractivity contribution in [1.29, 1.82) is 0 Å². The van der Waals surface area contributed by atoms with E-state index in [0.717, 1.165) is 0 Å². The molecule has 0 atom stereocenters. The molecule has 0 bridgehead atoms. The number of rotatable bonds is 4. The fourth-order valence-electron chi connectivity index (χ4n) is 1.28. The highest BCUT2D eigenvalue weighted by Gasteiger charge is 2.33. The minimum Gasteiger partial charge on any atom is -0.382 e. The lowest BCUT2D eigenvalue weighted by Crippen LogP contribution is -2.44. The second-order valence-electron chi connectivity index (χ2n) is 4.68. The van der Waals surface area contributed by atoms with Crippen LogP contribution in [0.3, 0.4) is 0 Å². The lowest BCUT2D eigenvalue weighted by atomic mass is 10.0. The Morgan fingerprint density at radius 3 is 2.50 bits per heavy atom. The first-order chi connectivity index (χ1) is 8.13. The molecule has 1 aromatic heterocycles. The maximum atomic E-state index is 12.4. The number of pyridine rings is 1. The van der Waals surface area contributed by atoms with E-state index in [1.54, 1.807) is 7.05 Å². The molecule has 0 unspecified atom stereocenters. The number of aromatic nitrogens is 1. The summed E-state index contributed by atoms with van der Waals surface area (Å²) in [5.74, 6) is 0.119. The summed E-state index contributed by atoms with van der Waals surface area (Å²) >= 11 is 5.80. The Bertz CT molecular complexity index is 543. The van der Waals surface area contributed by atoms with E-state index in [9.17, 15) is 8.42 Å². The molecule has 0 amide bonds. The molecule has 0 aromatic carbocycles. The van der Waals surface area contributed by atoms with Gasteiger partial charge in [0.2, 0.25) is 10.0 Å². The quantitative estimate of drug-likeness (QED) is 0.922. The summed E-state index contributed by atoms with van der Waals surface area (Å²) in [6.07, 6.45) is 1.91. The van der Waals surface area contributed by atoms with Crippen LogP contribution < -0.4 is 5.73 Å². The van der Waals surface area contributed by atoms with Crippen molar-refractivity contribution in [2.75, 3.05) is 12.8 Å². The maximum absolute atomic E-state index is 12.4. The Labute approximate surface area is 113 Å². The molecule has 0 saturated carbocycles. The number of nitrogen functional groups attached to an aromatic ring is 1. The predicted octanol–water partition coefficient (Wildman–Crippen LogP) is 2.13. The smallest absolute Gasteiger partial charge is 0.244 e. The van der Waals surface area contributed by atoms with Gasteiger partial charge in [-0.1, -0.05) is 18.5 Å². The van der Waals surface area contributed by atoms with Crippen LogP contribution in [-0.2, 0) is 10.0 Å². The number of hydrogen-bond acceptors (Lipinski definition) is 4. The van der Waals surface area contributed by atoms with Crippen LogP contribution in [0.15, 0.2) is 17.2 Å². The van der Waals surface area contributed by atoms with Gasteiger partial charge < -0.3 is 5.73 Å². The second-order valence-corrected chi connectivity index (χ2v) is 7.05. The third-order valence-electron chi connectivity index (χ3n) is 3.22. The molecule has 1 heterocycles. The largest absolute Gasteiger partial charge is 0.382 e. The molecule has 7 heteroatoms. The van der Waals surface area contributed by atoms with Crippen molar-refractivity contribution in [1.82, 2.24) is 9.29 Å². The average molecular weight is 292 g/mol. The fraction of sp³-hybridized carbons (Fsp3) is 0.545. The Kier molecular flexibility index (Phi) is 4.25. The van der Waals surface area contributed by atoms with E-state index >= 15 is 0 Å². The zero-order valence-electron chi connectivity index (χ0n) is 10.9. The molecule has 5 nitrogen and oxygen atoms in total. The van der Waals surface area contributed by atoms with Crippen molar-refractivity contribution >= 4 is 27.4 Å². The van der Waals surface area contributed by atoms with E-state index in [2.05, 4.69) is 4.98 Å². The number of nitrogens with two attached hydrogens (primary N) is 1. The Balaban J connectivity index is 3.26. The zero-order valence-corrected chi connectivity index (χ0v) is 12.5. The molecular formula is C11H18ClN3O2S. The zero-order chi connectivity index (χ0) is 14.1. The van der Waals surface area contributed by atoms with E-state index in [0.29, 0.717) is 6.42 Å². The first-order valence-corrected chi connectivity index (χ1v) is 7.35. The van der Waals surface area contributed by atoms with Crippen molar-refractivity contribution in [3.05, 3.63) is 17.3 Å². The molecule has 18 heavy (non-hydrogen) atoms. The van der Waals surface area contributed by atoms with Gasteiger partial charge in [-0.3, -0.25) is 0 Å². The highest BCUT2D eigenvalue weighted by Crippen LogP contribution is 2.27. The second kappa shape index (κ2) is 5.03. The van der Waals surface area contributed by atoms with Crippen LogP contribution in [0.1, 0.15) is 27.2 Å². The van der Waals surface area contributed by atoms with Crippen LogP contribution in [0.25, 0.3) is 0 Å². The minimum absolute atomic E-state index is 0.0470. The van der Waals surface area contributed by atoms with E-state index < -0.39 is 15.6 Å². The average Bonchev–Trinajstić information content (AvgIpc) is 2.31. The van der Waals surface area contributed by atoms with Gasteiger partial charge in [0.05, 0.1) is 5.02 Å². The SMILES string of the molecule is CCC(C)(C)N(C)S(=O)(=O)c1cnc(N)c(Cl)c1. The van der Waals surface area contributed by atoms with E-state index in [1.807, 2.05) is 20.8 Å². The van der Waals surface area contributed by atoms with Gasteiger partial charge in [0, 0.05) is 18.8 Å². The van der Waals surface area contributed by atoms with E-state index in [4.69, 9.17) is 17.3 Å². The fourth-order valence-corrected chi connectivity index (χ4v) is 3.06. The van der Waals surface area contributed by atoms with Gasteiger partial charge in [0.15, 0.2) is 0 Å². The van der Waals surface area contributed by atoms with Gasteiger partial charge in [-0.05, 0) is 26.3 Å². The molecule has 0 saturated heterocycles. The summed E-state index contributed by atoms with van der Waals surface area (Å²) in [6, 6.07) is 1.32. The van der Waals surface area contributed by atoms with Crippen molar-refractivity contribution in [3.63, 3.8) is 0 Å². The molecule has 0 spiro atoms. The van der Waals surface area contributed by atoms with Crippen LogP contribution in [0, 0.1) is 0 Å². The van der Waals surface area contributed by atoms with Gasteiger partial charge >= 0.3 is 0 Å². The third kappa shape index (κ3) is 2.76. The highest BCUT2D eigenvalue weighted by molar-refractivity contribution is 7.89. The maximum Gasteiger partial charge on any atom is 0.244 e. The van der Waals surface area contributed by atoms with Crippen molar-refractivity contribution in [2.45, 2.75) is 37.6 Å². The molecule has 0 aliphatic rings. The van der Waals surface area contributed by atoms with Crippen LogP contribution in [0.5, 0.6) is 0 Å². The summed E-state index contributed by atoms with van der Waals surface area (Å²) in [5.41, 5.74) is 4.99. The lowest BCUT2D eigenvalue weighted by Gasteiger charge is -2.33. The van der Waals surface area contributed by atoms with Gasteiger partial charge in [-0.15, -0.1) is 0 Å². The van der Waals surface area contributed by atoms with Gasteiger partial charge in [0.1, 0.15) is 10.7 Å². The summed E-state index contributed by atoms with van der Waals surface area (Å²) in [7, 11) is -2.07. The van der Waals surface area contributed by atoms with Gasteiger partial charge in [-0.25, -0.2) is 13.4 Å². The molecular weight excluding hydrogens is 274 g/mol. The molecule has 2 N–H and O–H groups in total. The molecule has 0 radical (unpaired) electrons. The Morgan fingerprint density at radius 2 is 2.06 bits per heavy atom. The monoisotopic (exact) mass is 291 g/mol. The summed E-state index contributed by atoms with van der Waals surface area (Å²) in [4.78, 5) is 3.82.